The number of amidine groups is 1. The zero-order chi connectivity index (χ0) is 28.8. The average molecular weight is 625 g/mol. The van der Waals surface area contributed by atoms with Crippen LogP contribution in [0.2, 0.25) is 10.0 Å². The van der Waals surface area contributed by atoms with Gasteiger partial charge in [-0.2, -0.15) is 0 Å². The van der Waals surface area contributed by atoms with E-state index in [1.54, 1.807) is 42.5 Å². The highest BCUT2D eigenvalue weighted by Gasteiger charge is 2.52. The molecule has 13 heteroatoms. The van der Waals surface area contributed by atoms with Crippen molar-refractivity contribution in [3.05, 3.63) is 94.2 Å². The van der Waals surface area contributed by atoms with E-state index in [0.29, 0.717) is 27.0 Å². The van der Waals surface area contributed by atoms with Crippen LogP contribution in [-0.2, 0) is 19.9 Å². The first-order chi connectivity index (χ1) is 18.8. The molecule has 0 radical (unpaired) electrons. The highest BCUT2D eigenvalue weighted by Crippen LogP contribution is 2.39. The fourth-order valence-electron chi connectivity index (χ4n) is 5.06. The van der Waals surface area contributed by atoms with Gasteiger partial charge in [0.25, 0.3) is 15.7 Å². The standard InChI is InChI=1S/C27H26Cl2FN4O4S2/c1-17-24(16-39(2,35)36)31-27(32-40(37,38)21-13-9-19(29)10-14-21)26-15-25(22-5-3-4-6-23(22)30)34(33(17)26)20-11-7-18(28)8-12-20/h3-14,17,24-25H,15-16H2,1-2H3,(H,31,32)/q+1. The lowest BCUT2D eigenvalue weighted by Crippen LogP contribution is -2.53. The van der Waals surface area contributed by atoms with Crippen molar-refractivity contribution in [3.8, 4) is 0 Å². The first kappa shape index (κ1) is 28.5. The van der Waals surface area contributed by atoms with Crippen LogP contribution in [0.25, 0.3) is 0 Å². The minimum atomic E-state index is -4.12. The monoisotopic (exact) mass is 623 g/mol. The Bertz CT molecular complexity index is 1730. The summed E-state index contributed by atoms with van der Waals surface area (Å²) in [7, 11) is -7.62. The molecule has 1 N–H and O–H groups in total. The summed E-state index contributed by atoms with van der Waals surface area (Å²) >= 11 is 12.1. The second kappa shape index (κ2) is 10.8. The van der Waals surface area contributed by atoms with Crippen molar-refractivity contribution in [2.75, 3.05) is 17.0 Å². The third-order valence-electron chi connectivity index (χ3n) is 6.89. The Morgan fingerprint density at radius 1 is 0.975 bits per heavy atom. The van der Waals surface area contributed by atoms with Crippen molar-refractivity contribution in [2.45, 2.75) is 36.4 Å². The predicted octanol–water partition coefficient (Wildman–Crippen LogP) is 4.64. The molecule has 40 heavy (non-hydrogen) atoms. The third kappa shape index (κ3) is 5.74. The fourth-order valence-corrected chi connectivity index (χ4v) is 7.32. The van der Waals surface area contributed by atoms with Gasteiger partial charge in [-0.15, -0.1) is 9.69 Å². The molecule has 3 atom stereocenters. The fraction of sp³-hybridized carbons (Fsp3) is 0.259. The summed E-state index contributed by atoms with van der Waals surface area (Å²) in [6, 6.07) is 17.1. The average Bonchev–Trinajstić information content (AvgIpc) is 3.28. The number of hydrogen-bond donors (Lipinski definition) is 1. The van der Waals surface area contributed by atoms with Crippen molar-refractivity contribution in [1.29, 1.82) is 0 Å². The molecule has 0 saturated heterocycles. The zero-order valence-corrected chi connectivity index (χ0v) is 24.6. The van der Waals surface area contributed by atoms with E-state index in [4.69, 9.17) is 23.2 Å². The van der Waals surface area contributed by atoms with Crippen LogP contribution in [0, 0.1) is 5.82 Å². The molecule has 3 unspecified atom stereocenters. The molecule has 3 aromatic rings. The molecule has 0 aliphatic carbocycles. The van der Waals surface area contributed by atoms with E-state index >= 15 is 4.39 Å². The van der Waals surface area contributed by atoms with E-state index in [9.17, 15) is 16.8 Å². The van der Waals surface area contributed by atoms with Gasteiger partial charge in [0.05, 0.1) is 22.8 Å². The normalized spacial score (nSPS) is 21.3. The summed E-state index contributed by atoms with van der Waals surface area (Å²) in [4.78, 5) is 4.57. The Kier molecular flexibility index (Phi) is 7.68. The maximum Gasteiger partial charge on any atom is 0.263 e. The molecule has 0 amide bonds. The number of benzene rings is 3. The molecular weight excluding hydrogens is 598 g/mol. The smallest absolute Gasteiger partial charge is 0.258 e. The van der Waals surface area contributed by atoms with Gasteiger partial charge in [-0.05, 0) is 54.6 Å². The number of hydrazine groups is 1. The van der Waals surface area contributed by atoms with Gasteiger partial charge in [-0.25, -0.2) is 21.2 Å². The van der Waals surface area contributed by atoms with Crippen LogP contribution in [0.5, 0.6) is 0 Å². The number of hydrogen-bond acceptors (Lipinski definition) is 6. The Labute approximate surface area is 242 Å². The van der Waals surface area contributed by atoms with Crippen molar-refractivity contribution in [2.24, 2.45) is 4.99 Å². The van der Waals surface area contributed by atoms with Crippen LogP contribution in [0.3, 0.4) is 0 Å². The van der Waals surface area contributed by atoms with Crippen molar-refractivity contribution in [3.63, 3.8) is 0 Å². The maximum atomic E-state index is 15.2. The SMILES string of the molecule is CC1C(CS(C)(=O)=O)N=C(NS(=O)(=O)c2ccc(Cl)cc2)C2=[N+]1N(c1ccc(Cl)cc1)C(c1ccccc1F)C2. The Hall–Kier alpha value is -2.99. The number of sulfone groups is 1. The van der Waals surface area contributed by atoms with E-state index in [1.165, 1.54) is 30.3 Å². The number of sulfonamides is 1. The van der Waals surface area contributed by atoms with E-state index < -0.39 is 43.8 Å². The number of rotatable bonds is 6. The quantitative estimate of drug-likeness (QED) is 0.403. The summed E-state index contributed by atoms with van der Waals surface area (Å²) in [6.07, 6.45) is 1.30. The van der Waals surface area contributed by atoms with Crippen LogP contribution < -0.4 is 9.73 Å². The van der Waals surface area contributed by atoms with Gasteiger partial charge in [-0.3, -0.25) is 9.71 Å². The summed E-state index contributed by atoms with van der Waals surface area (Å²) in [6.45, 7) is 1.82. The second-order valence-electron chi connectivity index (χ2n) is 9.79. The molecule has 3 aromatic carbocycles. The number of nitrogens with one attached hydrogen (secondary N) is 1. The number of aliphatic imine (C=N–C) groups is 1. The summed E-state index contributed by atoms with van der Waals surface area (Å²) in [5, 5.41) is 2.74. The van der Waals surface area contributed by atoms with Gasteiger partial charge in [0, 0.05) is 28.8 Å². The molecule has 8 nitrogen and oxygen atoms in total. The van der Waals surface area contributed by atoms with Crippen molar-refractivity contribution < 1.29 is 25.9 Å². The molecule has 0 fully saturated rings. The van der Waals surface area contributed by atoms with Gasteiger partial charge in [0.15, 0.2) is 0 Å². The van der Waals surface area contributed by atoms with Crippen LogP contribution >= 0.6 is 23.2 Å². The van der Waals surface area contributed by atoms with Crippen molar-refractivity contribution >= 4 is 60.3 Å². The number of halogens is 3. The van der Waals surface area contributed by atoms with Crippen molar-refractivity contribution in [1.82, 2.24) is 4.72 Å². The summed E-state index contributed by atoms with van der Waals surface area (Å²) < 4.78 is 71.1. The summed E-state index contributed by atoms with van der Waals surface area (Å²) in [5.74, 6) is -0.741. The maximum absolute atomic E-state index is 15.2. The topological polar surface area (TPSA) is 98.9 Å². The minimum Gasteiger partial charge on any atom is -0.258 e. The van der Waals surface area contributed by atoms with Gasteiger partial charge >= 0.3 is 0 Å². The van der Waals surface area contributed by atoms with Crippen LogP contribution in [-0.4, -0.2) is 57.2 Å². The van der Waals surface area contributed by atoms with E-state index in [-0.39, 0.29) is 22.9 Å². The second-order valence-corrected chi connectivity index (χ2v) is 14.5. The van der Waals surface area contributed by atoms with E-state index in [2.05, 4.69) is 9.71 Å². The lowest BCUT2D eigenvalue weighted by molar-refractivity contribution is -0.573. The molecule has 5 rings (SSSR count). The molecule has 0 spiro atoms. The van der Waals surface area contributed by atoms with Crippen LogP contribution in [0.1, 0.15) is 24.9 Å². The van der Waals surface area contributed by atoms with E-state index in [0.717, 1.165) is 6.26 Å². The van der Waals surface area contributed by atoms with Crippen LogP contribution in [0.4, 0.5) is 10.1 Å². The Balaban J connectivity index is 1.67. The molecule has 2 heterocycles. The highest BCUT2D eigenvalue weighted by molar-refractivity contribution is 7.90. The molecule has 2 aliphatic heterocycles. The van der Waals surface area contributed by atoms with Gasteiger partial charge < -0.3 is 0 Å². The number of nitrogens with zero attached hydrogens (tertiary/aromatic N) is 3. The first-order valence-electron chi connectivity index (χ1n) is 12.3. The van der Waals surface area contributed by atoms with Gasteiger partial charge in [0.2, 0.25) is 11.9 Å². The lowest BCUT2D eigenvalue weighted by atomic mass is 10.00. The third-order valence-corrected chi connectivity index (χ3v) is 9.69. The largest absolute Gasteiger partial charge is 0.263 e. The Morgan fingerprint density at radius 3 is 2.17 bits per heavy atom. The van der Waals surface area contributed by atoms with E-state index in [1.807, 2.05) is 16.6 Å². The molecule has 2 aliphatic rings. The number of anilines is 1. The highest BCUT2D eigenvalue weighted by atomic mass is 35.5. The Morgan fingerprint density at radius 2 is 1.57 bits per heavy atom. The lowest BCUT2D eigenvalue weighted by Gasteiger charge is -2.30. The molecule has 0 bridgehead atoms. The first-order valence-corrected chi connectivity index (χ1v) is 16.6. The molecule has 0 saturated carbocycles. The zero-order valence-electron chi connectivity index (χ0n) is 21.5. The summed E-state index contributed by atoms with van der Waals surface area (Å²) in [5.41, 5.74) is 1.54. The molecule has 0 aromatic heterocycles. The van der Waals surface area contributed by atoms with Crippen LogP contribution in [0.15, 0.2) is 82.7 Å². The molecule has 210 valence electrons. The van der Waals surface area contributed by atoms with Gasteiger partial charge in [0.1, 0.15) is 27.7 Å². The van der Waals surface area contributed by atoms with Gasteiger partial charge in [-0.1, -0.05) is 41.4 Å². The number of hydrazone groups is 1. The predicted molar refractivity (Wildman–Crippen MR) is 155 cm³/mol. The molecular formula is C27H26Cl2FN4O4S2+. The minimum absolute atomic E-state index is 0.000460.